The molecule has 11 heteroatoms. The van der Waals surface area contributed by atoms with Gasteiger partial charge in [-0.2, -0.15) is 0 Å². The molecule has 1 atom stereocenters. The first kappa shape index (κ1) is 23.9. The SMILES string of the molecule is COCC(=O)CCCCn1c(=O)c2c(ncn2CC(O)CN(C)CCO)n(C)c1=O. The Hall–Kier alpha value is -2.34. The number of rotatable bonds is 13. The average Bonchev–Trinajstić information content (AvgIpc) is 3.09. The number of hydrogen-bond donors (Lipinski definition) is 2. The van der Waals surface area contributed by atoms with Crippen LogP contribution in [0.5, 0.6) is 0 Å². The quantitative estimate of drug-likeness (QED) is 0.373. The maximum atomic E-state index is 13.0. The summed E-state index contributed by atoms with van der Waals surface area (Å²) in [5, 5.41) is 19.3. The third-order valence-corrected chi connectivity index (χ3v) is 4.91. The molecule has 2 aromatic heterocycles. The largest absolute Gasteiger partial charge is 0.395 e. The summed E-state index contributed by atoms with van der Waals surface area (Å²) in [4.78, 5) is 43.1. The van der Waals surface area contributed by atoms with Crippen LogP contribution in [0, 0.1) is 0 Å². The molecular weight excluding hydrogens is 394 g/mol. The number of carbonyl (C=O) groups excluding carboxylic acids is 1. The van der Waals surface area contributed by atoms with Gasteiger partial charge in [-0.1, -0.05) is 0 Å². The number of imidazole rings is 1. The zero-order valence-corrected chi connectivity index (χ0v) is 17.8. The molecular formula is C19H31N5O6. The Balaban J connectivity index is 2.20. The van der Waals surface area contributed by atoms with Crippen molar-refractivity contribution in [2.75, 3.05) is 40.5 Å². The molecule has 11 nitrogen and oxygen atoms in total. The Morgan fingerprint density at radius 3 is 2.73 bits per heavy atom. The number of ether oxygens (including phenoxy) is 1. The van der Waals surface area contributed by atoms with E-state index in [1.807, 2.05) is 0 Å². The van der Waals surface area contributed by atoms with Crippen LogP contribution in [0.1, 0.15) is 19.3 Å². The molecule has 0 spiro atoms. The van der Waals surface area contributed by atoms with Gasteiger partial charge in [0.1, 0.15) is 6.61 Å². The van der Waals surface area contributed by atoms with Gasteiger partial charge in [0, 0.05) is 40.2 Å². The molecule has 0 saturated heterocycles. The zero-order chi connectivity index (χ0) is 22.3. The van der Waals surface area contributed by atoms with Crippen LogP contribution in [-0.4, -0.2) is 86.1 Å². The third kappa shape index (κ3) is 5.85. The zero-order valence-electron chi connectivity index (χ0n) is 17.8. The number of aliphatic hydroxyl groups excluding tert-OH is 2. The van der Waals surface area contributed by atoms with Gasteiger partial charge < -0.3 is 24.4 Å². The van der Waals surface area contributed by atoms with E-state index in [2.05, 4.69) is 4.98 Å². The van der Waals surface area contributed by atoms with Crippen LogP contribution in [0.4, 0.5) is 0 Å². The number of carbonyl (C=O) groups is 1. The van der Waals surface area contributed by atoms with Crippen molar-refractivity contribution in [1.29, 1.82) is 0 Å². The maximum Gasteiger partial charge on any atom is 0.332 e. The standard InChI is InChI=1S/C19H31N5O6/c1-21(8-9-25)10-15(27)11-23-13-20-17-16(23)18(28)24(19(29)22(17)2)7-5-4-6-14(26)12-30-3/h13,15,25,27H,4-12H2,1-3H3. The molecule has 0 aliphatic rings. The second kappa shape index (κ2) is 11.2. The summed E-state index contributed by atoms with van der Waals surface area (Å²) >= 11 is 0. The van der Waals surface area contributed by atoms with E-state index in [4.69, 9.17) is 9.84 Å². The van der Waals surface area contributed by atoms with Crippen molar-refractivity contribution in [1.82, 2.24) is 23.6 Å². The molecule has 2 N–H and O–H groups in total. The fourth-order valence-corrected chi connectivity index (χ4v) is 3.39. The summed E-state index contributed by atoms with van der Waals surface area (Å²) < 4.78 is 8.80. The molecule has 2 heterocycles. The van der Waals surface area contributed by atoms with E-state index in [0.717, 1.165) is 4.57 Å². The maximum absolute atomic E-state index is 13.0. The molecule has 0 amide bonds. The number of unbranched alkanes of at least 4 members (excludes halogenated alkanes) is 1. The normalized spacial score (nSPS) is 12.7. The molecule has 0 aliphatic heterocycles. The number of likely N-dealkylation sites (N-methyl/N-ethyl adjacent to an activating group) is 1. The van der Waals surface area contributed by atoms with E-state index in [0.29, 0.717) is 32.4 Å². The molecule has 0 aliphatic carbocycles. The first-order chi connectivity index (χ1) is 14.3. The second-order valence-corrected chi connectivity index (χ2v) is 7.44. The number of aryl methyl sites for hydroxylation is 1. The highest BCUT2D eigenvalue weighted by atomic mass is 16.5. The lowest BCUT2D eigenvalue weighted by Gasteiger charge is -2.20. The van der Waals surface area contributed by atoms with Crippen molar-refractivity contribution in [3.8, 4) is 0 Å². The van der Waals surface area contributed by atoms with Crippen LogP contribution < -0.4 is 11.2 Å². The number of Topliss-reactive ketones (excluding diaryl/α,β-unsaturated/α-hetero) is 1. The summed E-state index contributed by atoms with van der Waals surface area (Å²) in [7, 11) is 4.78. The fraction of sp³-hybridized carbons (Fsp3) is 0.684. The topological polar surface area (TPSA) is 132 Å². The van der Waals surface area contributed by atoms with Crippen LogP contribution in [0.25, 0.3) is 11.2 Å². The predicted octanol–water partition coefficient (Wildman–Crippen LogP) is -1.43. The van der Waals surface area contributed by atoms with Crippen molar-refractivity contribution < 1.29 is 19.7 Å². The van der Waals surface area contributed by atoms with Gasteiger partial charge in [0.15, 0.2) is 16.9 Å². The minimum absolute atomic E-state index is 0.0128. The van der Waals surface area contributed by atoms with Gasteiger partial charge in [-0.05, 0) is 19.9 Å². The van der Waals surface area contributed by atoms with Crippen molar-refractivity contribution in [3.63, 3.8) is 0 Å². The molecule has 0 aromatic carbocycles. The number of aliphatic hydroxyl groups is 2. The number of fused-ring (bicyclic) bond motifs is 1. The summed E-state index contributed by atoms with van der Waals surface area (Å²) in [6.45, 7) is 1.11. The molecule has 0 fully saturated rings. The lowest BCUT2D eigenvalue weighted by Crippen LogP contribution is -2.40. The van der Waals surface area contributed by atoms with Gasteiger partial charge in [0.25, 0.3) is 5.56 Å². The van der Waals surface area contributed by atoms with E-state index >= 15 is 0 Å². The number of nitrogens with zero attached hydrogens (tertiary/aromatic N) is 5. The van der Waals surface area contributed by atoms with Gasteiger partial charge in [-0.25, -0.2) is 9.78 Å². The Morgan fingerprint density at radius 2 is 2.07 bits per heavy atom. The van der Waals surface area contributed by atoms with Crippen LogP contribution in [-0.2, 0) is 29.7 Å². The second-order valence-electron chi connectivity index (χ2n) is 7.44. The fourth-order valence-electron chi connectivity index (χ4n) is 3.39. The number of methoxy groups -OCH3 is 1. The summed E-state index contributed by atoms with van der Waals surface area (Å²) in [6, 6.07) is 0. The van der Waals surface area contributed by atoms with E-state index in [-0.39, 0.29) is 43.3 Å². The lowest BCUT2D eigenvalue weighted by atomic mass is 10.2. The van der Waals surface area contributed by atoms with Crippen LogP contribution >= 0.6 is 0 Å². The lowest BCUT2D eigenvalue weighted by molar-refractivity contribution is -0.122. The molecule has 0 bridgehead atoms. The highest BCUT2D eigenvalue weighted by Gasteiger charge is 2.18. The minimum atomic E-state index is -0.782. The van der Waals surface area contributed by atoms with Crippen molar-refractivity contribution in [2.45, 2.75) is 38.5 Å². The van der Waals surface area contributed by atoms with Crippen molar-refractivity contribution in [3.05, 3.63) is 27.2 Å². The number of hydrogen-bond acceptors (Lipinski definition) is 8. The van der Waals surface area contributed by atoms with Crippen molar-refractivity contribution >= 4 is 16.9 Å². The van der Waals surface area contributed by atoms with E-state index in [9.17, 15) is 19.5 Å². The van der Waals surface area contributed by atoms with E-state index < -0.39 is 17.4 Å². The van der Waals surface area contributed by atoms with Gasteiger partial charge in [0.2, 0.25) is 0 Å². The Labute approximate surface area is 174 Å². The average molecular weight is 425 g/mol. The van der Waals surface area contributed by atoms with Crippen LogP contribution in [0.15, 0.2) is 15.9 Å². The van der Waals surface area contributed by atoms with Gasteiger partial charge in [-0.15, -0.1) is 0 Å². The monoisotopic (exact) mass is 425 g/mol. The van der Waals surface area contributed by atoms with Crippen molar-refractivity contribution in [2.24, 2.45) is 7.05 Å². The Bertz CT molecular complexity index is 963. The molecule has 2 rings (SSSR count). The molecule has 2 aromatic rings. The van der Waals surface area contributed by atoms with Crippen LogP contribution in [0.3, 0.4) is 0 Å². The van der Waals surface area contributed by atoms with Gasteiger partial charge in [0.05, 0.1) is 25.6 Å². The van der Waals surface area contributed by atoms with Crippen LogP contribution in [0.2, 0.25) is 0 Å². The summed E-state index contributed by atoms with van der Waals surface area (Å²) in [6.07, 6.45) is 2.03. The number of aromatic nitrogens is 4. The molecule has 30 heavy (non-hydrogen) atoms. The highest BCUT2D eigenvalue weighted by molar-refractivity contribution is 5.79. The third-order valence-electron chi connectivity index (χ3n) is 4.91. The first-order valence-electron chi connectivity index (χ1n) is 9.92. The van der Waals surface area contributed by atoms with E-state index in [1.165, 1.54) is 18.0 Å². The molecule has 0 saturated carbocycles. The Morgan fingerprint density at radius 1 is 1.33 bits per heavy atom. The van der Waals surface area contributed by atoms with Gasteiger partial charge in [-0.3, -0.25) is 18.7 Å². The summed E-state index contributed by atoms with van der Waals surface area (Å²) in [5.41, 5.74) is -0.433. The first-order valence-corrected chi connectivity index (χ1v) is 9.92. The van der Waals surface area contributed by atoms with Gasteiger partial charge >= 0.3 is 5.69 Å². The molecule has 168 valence electrons. The molecule has 1 unspecified atom stereocenters. The Kier molecular flexibility index (Phi) is 8.90. The predicted molar refractivity (Wildman–Crippen MR) is 111 cm³/mol. The molecule has 0 radical (unpaired) electrons. The smallest absolute Gasteiger partial charge is 0.332 e. The number of ketones is 1. The summed E-state index contributed by atoms with van der Waals surface area (Å²) in [5.74, 6) is -0.0218. The highest BCUT2D eigenvalue weighted by Crippen LogP contribution is 2.08. The van der Waals surface area contributed by atoms with E-state index in [1.54, 1.807) is 23.6 Å². The minimum Gasteiger partial charge on any atom is -0.395 e.